The van der Waals surface area contributed by atoms with E-state index in [1.165, 1.54) is 17.1 Å². The van der Waals surface area contributed by atoms with E-state index in [1.54, 1.807) is 47.4 Å². The molecule has 3 amide bonds. The summed E-state index contributed by atoms with van der Waals surface area (Å²) >= 11 is 0. The van der Waals surface area contributed by atoms with Gasteiger partial charge in [-0.2, -0.15) is 0 Å². The highest BCUT2D eigenvalue weighted by atomic mass is 19.1. The summed E-state index contributed by atoms with van der Waals surface area (Å²) in [5.41, 5.74) is 4.40. The lowest BCUT2D eigenvalue weighted by Crippen LogP contribution is -2.30. The zero-order valence-electron chi connectivity index (χ0n) is 13.7. The van der Waals surface area contributed by atoms with E-state index in [0.29, 0.717) is 36.4 Å². The molecule has 1 aromatic heterocycles. The molecule has 1 fully saturated rings. The number of carbonyl (C=O) groups excluding carboxylic acids is 2. The molecule has 25 heavy (non-hydrogen) atoms. The van der Waals surface area contributed by atoms with Gasteiger partial charge in [-0.25, -0.2) is 14.2 Å². The molecule has 1 aromatic carbocycles. The summed E-state index contributed by atoms with van der Waals surface area (Å²) in [4.78, 5) is 30.6. The van der Waals surface area contributed by atoms with E-state index in [1.807, 2.05) is 0 Å². The van der Waals surface area contributed by atoms with Crippen molar-refractivity contribution >= 4 is 23.8 Å². The van der Waals surface area contributed by atoms with Crippen LogP contribution >= 0.6 is 0 Å². The molecule has 0 aliphatic carbocycles. The van der Waals surface area contributed by atoms with Crippen LogP contribution in [0.3, 0.4) is 0 Å². The van der Waals surface area contributed by atoms with Crippen LogP contribution in [0.1, 0.15) is 5.56 Å². The summed E-state index contributed by atoms with van der Waals surface area (Å²) in [6.07, 6.45) is 3.72. The Morgan fingerprint density at radius 1 is 1.36 bits per heavy atom. The van der Waals surface area contributed by atoms with E-state index >= 15 is 0 Å². The molecule has 2 heterocycles. The second kappa shape index (κ2) is 7.16. The summed E-state index contributed by atoms with van der Waals surface area (Å²) < 4.78 is 14.0. The molecule has 1 aliphatic heterocycles. The average Bonchev–Trinajstić information content (AvgIpc) is 2.92. The van der Waals surface area contributed by atoms with E-state index in [0.717, 1.165) is 0 Å². The largest absolute Gasteiger partial charge is 0.326 e. The molecule has 0 saturated carbocycles. The van der Waals surface area contributed by atoms with E-state index in [9.17, 15) is 14.0 Å². The second-order valence-electron chi connectivity index (χ2n) is 5.77. The summed E-state index contributed by atoms with van der Waals surface area (Å²) in [6, 6.07) is 7.65. The third kappa shape index (κ3) is 3.85. The first kappa shape index (κ1) is 16.7. The number of anilines is 2. The minimum absolute atomic E-state index is 0.0912. The number of likely N-dealkylation sites (N-methyl/N-ethyl adjacent to an activating group) is 1. The molecular weight excluding hydrogens is 325 g/mol. The Labute approximate surface area is 144 Å². The van der Waals surface area contributed by atoms with Gasteiger partial charge in [0.25, 0.3) is 0 Å². The van der Waals surface area contributed by atoms with Crippen molar-refractivity contribution in [2.24, 2.45) is 0 Å². The van der Waals surface area contributed by atoms with Gasteiger partial charge in [0, 0.05) is 32.9 Å². The minimum Gasteiger partial charge on any atom is -0.326 e. The fourth-order valence-corrected chi connectivity index (χ4v) is 2.65. The standard InChI is InChI=1S/C17H18FN5O2/c1-21-5-6-22(17(21)25)11-13-7-14(18)9-16(8-13)23(12-24)20-15-3-2-4-19-10-15/h2-4,7-10,12,20H,5-6,11H2,1H3. The lowest BCUT2D eigenvalue weighted by molar-refractivity contribution is -0.107. The Kier molecular flexibility index (Phi) is 4.78. The molecule has 3 rings (SSSR count). The van der Waals surface area contributed by atoms with Crippen molar-refractivity contribution in [3.8, 4) is 0 Å². The van der Waals surface area contributed by atoms with Crippen LogP contribution in [0.5, 0.6) is 0 Å². The highest BCUT2D eigenvalue weighted by Gasteiger charge is 2.25. The number of urea groups is 1. The van der Waals surface area contributed by atoms with Gasteiger partial charge < -0.3 is 9.80 Å². The number of amides is 3. The zero-order chi connectivity index (χ0) is 17.8. The predicted molar refractivity (Wildman–Crippen MR) is 91.2 cm³/mol. The van der Waals surface area contributed by atoms with E-state index in [4.69, 9.17) is 0 Å². The number of hydrogen-bond donors (Lipinski definition) is 1. The summed E-state index contributed by atoms with van der Waals surface area (Å²) in [6.45, 7) is 1.52. The van der Waals surface area contributed by atoms with Crippen LogP contribution in [0.2, 0.25) is 0 Å². The monoisotopic (exact) mass is 343 g/mol. The number of hydrogen-bond acceptors (Lipinski definition) is 4. The summed E-state index contributed by atoms with van der Waals surface area (Å²) in [7, 11) is 1.73. The number of pyridine rings is 1. The highest BCUT2D eigenvalue weighted by Crippen LogP contribution is 2.21. The van der Waals surface area contributed by atoms with Crippen molar-refractivity contribution in [2.45, 2.75) is 6.54 Å². The molecule has 0 atom stereocenters. The Morgan fingerprint density at radius 3 is 2.84 bits per heavy atom. The molecule has 0 bridgehead atoms. The molecular formula is C17H18FN5O2. The van der Waals surface area contributed by atoms with Gasteiger partial charge in [-0.15, -0.1) is 0 Å². The summed E-state index contributed by atoms with van der Waals surface area (Å²) in [5, 5.41) is 1.17. The quantitative estimate of drug-likeness (QED) is 0.644. The number of halogens is 1. The maximum atomic E-state index is 14.0. The molecule has 1 N–H and O–H groups in total. The topological polar surface area (TPSA) is 68.8 Å². The third-order valence-electron chi connectivity index (χ3n) is 3.91. The van der Waals surface area contributed by atoms with Gasteiger partial charge >= 0.3 is 6.03 Å². The Hall–Kier alpha value is -3.16. The van der Waals surface area contributed by atoms with Crippen LogP contribution in [0, 0.1) is 5.82 Å². The summed E-state index contributed by atoms with van der Waals surface area (Å²) in [5.74, 6) is -0.479. The number of rotatable bonds is 6. The molecule has 0 radical (unpaired) electrons. The molecule has 1 aliphatic rings. The van der Waals surface area contributed by atoms with Gasteiger partial charge in [0.1, 0.15) is 5.82 Å². The van der Waals surface area contributed by atoms with Gasteiger partial charge in [-0.05, 0) is 35.9 Å². The van der Waals surface area contributed by atoms with Crippen molar-refractivity contribution in [2.75, 3.05) is 30.6 Å². The maximum absolute atomic E-state index is 14.0. The molecule has 2 aromatic rings. The van der Waals surface area contributed by atoms with Crippen LogP contribution in [0.4, 0.5) is 20.6 Å². The van der Waals surface area contributed by atoms with Gasteiger partial charge in [0.2, 0.25) is 6.41 Å². The Bertz CT molecular complexity index is 771. The second-order valence-corrected chi connectivity index (χ2v) is 5.77. The van der Waals surface area contributed by atoms with Gasteiger partial charge in [0.05, 0.1) is 17.6 Å². The third-order valence-corrected chi connectivity index (χ3v) is 3.91. The van der Waals surface area contributed by atoms with E-state index in [2.05, 4.69) is 10.4 Å². The van der Waals surface area contributed by atoms with Crippen LogP contribution in [-0.4, -0.2) is 47.4 Å². The highest BCUT2D eigenvalue weighted by molar-refractivity contribution is 5.79. The number of nitrogens with zero attached hydrogens (tertiary/aromatic N) is 4. The van der Waals surface area contributed by atoms with E-state index < -0.39 is 5.82 Å². The number of aromatic nitrogens is 1. The zero-order valence-corrected chi connectivity index (χ0v) is 13.7. The van der Waals surface area contributed by atoms with Crippen molar-refractivity contribution in [1.82, 2.24) is 14.8 Å². The fourth-order valence-electron chi connectivity index (χ4n) is 2.65. The van der Waals surface area contributed by atoms with Crippen molar-refractivity contribution in [1.29, 1.82) is 0 Å². The fraction of sp³-hybridized carbons (Fsp3) is 0.235. The molecule has 7 nitrogen and oxygen atoms in total. The van der Waals surface area contributed by atoms with Crippen LogP contribution < -0.4 is 10.4 Å². The number of nitrogens with one attached hydrogen (secondary N) is 1. The van der Waals surface area contributed by atoms with E-state index in [-0.39, 0.29) is 12.6 Å². The molecule has 1 saturated heterocycles. The number of hydrazine groups is 1. The first-order valence-electron chi connectivity index (χ1n) is 7.77. The van der Waals surface area contributed by atoms with Crippen LogP contribution in [-0.2, 0) is 11.3 Å². The number of carbonyl (C=O) groups is 2. The van der Waals surface area contributed by atoms with Gasteiger partial charge in [-0.3, -0.25) is 15.2 Å². The van der Waals surface area contributed by atoms with Crippen molar-refractivity contribution < 1.29 is 14.0 Å². The first-order chi connectivity index (χ1) is 12.1. The van der Waals surface area contributed by atoms with Crippen LogP contribution in [0.15, 0.2) is 42.7 Å². The molecule has 0 unspecified atom stereocenters. The van der Waals surface area contributed by atoms with Crippen LogP contribution in [0.25, 0.3) is 0 Å². The van der Waals surface area contributed by atoms with Crippen molar-refractivity contribution in [3.05, 3.63) is 54.1 Å². The maximum Gasteiger partial charge on any atom is 0.320 e. The lowest BCUT2D eigenvalue weighted by atomic mass is 10.2. The Morgan fingerprint density at radius 2 is 2.20 bits per heavy atom. The molecule has 8 heteroatoms. The minimum atomic E-state index is -0.479. The predicted octanol–water partition coefficient (Wildman–Crippen LogP) is 2.08. The number of benzene rings is 1. The van der Waals surface area contributed by atoms with Crippen molar-refractivity contribution in [3.63, 3.8) is 0 Å². The average molecular weight is 343 g/mol. The molecule has 0 spiro atoms. The normalized spacial score (nSPS) is 13.9. The van der Waals surface area contributed by atoms with Gasteiger partial charge in [0.15, 0.2) is 0 Å². The molecule has 130 valence electrons. The Balaban J connectivity index is 1.80. The smallest absolute Gasteiger partial charge is 0.320 e. The lowest BCUT2D eigenvalue weighted by Gasteiger charge is -2.21. The van der Waals surface area contributed by atoms with Gasteiger partial charge in [-0.1, -0.05) is 0 Å². The SMILES string of the molecule is CN1CCN(Cc2cc(F)cc(N(C=O)Nc3cccnc3)c2)C1=O. The first-order valence-corrected chi connectivity index (χ1v) is 7.77.